The highest BCUT2D eigenvalue weighted by Crippen LogP contribution is 2.32. The maximum Gasteiger partial charge on any atom is 0.00441 e. The van der Waals surface area contributed by atoms with Gasteiger partial charge in [0.15, 0.2) is 0 Å². The van der Waals surface area contributed by atoms with Gasteiger partial charge in [-0.15, -0.1) is 0 Å². The van der Waals surface area contributed by atoms with Gasteiger partial charge in [0, 0.05) is 6.04 Å². The molecular formula is C14H27N. The predicted octanol–water partition coefficient (Wildman–Crippen LogP) is 3.86. The normalized spacial score (nSPS) is 27.0. The largest absolute Gasteiger partial charge is 0.328 e. The third-order valence-corrected chi connectivity index (χ3v) is 4.47. The van der Waals surface area contributed by atoms with Crippen LogP contribution in [0, 0.1) is 11.8 Å². The molecule has 88 valence electrons. The second-order valence-electron chi connectivity index (χ2n) is 5.89. The second-order valence-corrected chi connectivity index (χ2v) is 5.89. The fourth-order valence-corrected chi connectivity index (χ4v) is 3.62. The van der Waals surface area contributed by atoms with Crippen LogP contribution in [0.4, 0.5) is 0 Å². The van der Waals surface area contributed by atoms with Crippen LogP contribution in [0.3, 0.4) is 0 Å². The summed E-state index contributed by atoms with van der Waals surface area (Å²) in [6.07, 6.45) is 15.8. The van der Waals surface area contributed by atoms with Crippen LogP contribution in [0.1, 0.15) is 70.6 Å². The zero-order valence-electron chi connectivity index (χ0n) is 10.1. The number of rotatable bonds is 4. The van der Waals surface area contributed by atoms with Gasteiger partial charge in [-0.3, -0.25) is 0 Å². The minimum atomic E-state index is 0.510. The molecule has 0 amide bonds. The van der Waals surface area contributed by atoms with Gasteiger partial charge in [0.1, 0.15) is 0 Å². The molecule has 0 heterocycles. The van der Waals surface area contributed by atoms with Crippen molar-refractivity contribution in [3.63, 3.8) is 0 Å². The van der Waals surface area contributed by atoms with Gasteiger partial charge in [-0.1, -0.05) is 57.8 Å². The first-order valence-corrected chi connectivity index (χ1v) is 7.10. The van der Waals surface area contributed by atoms with E-state index >= 15 is 0 Å². The quantitative estimate of drug-likeness (QED) is 0.747. The molecule has 0 saturated heterocycles. The highest BCUT2D eigenvalue weighted by atomic mass is 14.6. The molecule has 0 aromatic heterocycles. The van der Waals surface area contributed by atoms with Crippen LogP contribution < -0.4 is 5.73 Å². The lowest BCUT2D eigenvalue weighted by Crippen LogP contribution is -2.26. The van der Waals surface area contributed by atoms with Crippen LogP contribution in [0.5, 0.6) is 0 Å². The molecule has 2 N–H and O–H groups in total. The van der Waals surface area contributed by atoms with E-state index < -0.39 is 0 Å². The monoisotopic (exact) mass is 209 g/mol. The van der Waals surface area contributed by atoms with E-state index in [2.05, 4.69) is 0 Å². The Morgan fingerprint density at radius 1 is 0.733 bits per heavy atom. The average molecular weight is 209 g/mol. The molecule has 0 aromatic carbocycles. The summed E-state index contributed by atoms with van der Waals surface area (Å²) < 4.78 is 0. The molecule has 0 aliphatic heterocycles. The van der Waals surface area contributed by atoms with Crippen molar-refractivity contribution in [2.75, 3.05) is 0 Å². The topological polar surface area (TPSA) is 26.0 Å². The van der Waals surface area contributed by atoms with E-state index in [0.29, 0.717) is 6.04 Å². The second kappa shape index (κ2) is 5.89. The molecule has 2 saturated carbocycles. The summed E-state index contributed by atoms with van der Waals surface area (Å²) in [6, 6.07) is 0.510. The molecule has 1 unspecified atom stereocenters. The van der Waals surface area contributed by atoms with Gasteiger partial charge in [0.2, 0.25) is 0 Å². The smallest absolute Gasteiger partial charge is 0.00441 e. The highest BCUT2D eigenvalue weighted by molar-refractivity contribution is 4.77. The van der Waals surface area contributed by atoms with Gasteiger partial charge < -0.3 is 5.73 Å². The molecule has 2 rings (SSSR count). The molecule has 2 aliphatic carbocycles. The Kier molecular flexibility index (Phi) is 4.49. The Morgan fingerprint density at radius 2 is 1.13 bits per heavy atom. The van der Waals surface area contributed by atoms with Gasteiger partial charge in [-0.05, 0) is 24.7 Å². The summed E-state index contributed by atoms with van der Waals surface area (Å²) in [7, 11) is 0. The van der Waals surface area contributed by atoms with E-state index in [0.717, 1.165) is 11.8 Å². The minimum absolute atomic E-state index is 0.510. The third-order valence-electron chi connectivity index (χ3n) is 4.47. The average Bonchev–Trinajstić information content (AvgIpc) is 2.71. The molecule has 2 aliphatic rings. The molecular weight excluding hydrogens is 182 g/mol. The van der Waals surface area contributed by atoms with Crippen molar-refractivity contribution < 1.29 is 0 Å². The van der Waals surface area contributed by atoms with E-state index in [9.17, 15) is 0 Å². The Balaban J connectivity index is 1.64. The first-order valence-electron chi connectivity index (χ1n) is 7.10. The molecule has 0 bridgehead atoms. The van der Waals surface area contributed by atoms with Gasteiger partial charge in [-0.25, -0.2) is 0 Å². The van der Waals surface area contributed by atoms with Gasteiger partial charge >= 0.3 is 0 Å². The van der Waals surface area contributed by atoms with Gasteiger partial charge in [0.05, 0.1) is 0 Å². The first kappa shape index (κ1) is 11.4. The fraction of sp³-hybridized carbons (Fsp3) is 1.00. The van der Waals surface area contributed by atoms with Crippen LogP contribution >= 0.6 is 0 Å². The summed E-state index contributed by atoms with van der Waals surface area (Å²) in [5.41, 5.74) is 6.28. The predicted molar refractivity (Wildman–Crippen MR) is 65.7 cm³/mol. The summed E-state index contributed by atoms with van der Waals surface area (Å²) in [4.78, 5) is 0. The fourth-order valence-electron chi connectivity index (χ4n) is 3.62. The lowest BCUT2D eigenvalue weighted by atomic mass is 9.83. The number of nitrogens with two attached hydrogens (primary N) is 1. The lowest BCUT2D eigenvalue weighted by molar-refractivity contribution is 0.297. The minimum Gasteiger partial charge on any atom is -0.328 e. The molecule has 1 heteroatoms. The summed E-state index contributed by atoms with van der Waals surface area (Å²) in [6.45, 7) is 0. The van der Waals surface area contributed by atoms with Crippen molar-refractivity contribution in [1.82, 2.24) is 0 Å². The van der Waals surface area contributed by atoms with E-state index in [1.54, 1.807) is 0 Å². The number of hydrogen-bond acceptors (Lipinski definition) is 1. The van der Waals surface area contributed by atoms with Crippen LogP contribution in [-0.4, -0.2) is 6.04 Å². The first-order chi connectivity index (χ1) is 7.34. The maximum atomic E-state index is 6.28. The Morgan fingerprint density at radius 3 is 1.60 bits per heavy atom. The van der Waals surface area contributed by atoms with Crippen LogP contribution in [-0.2, 0) is 0 Å². The summed E-state index contributed by atoms with van der Waals surface area (Å²) in [5, 5.41) is 0. The van der Waals surface area contributed by atoms with Gasteiger partial charge in [0.25, 0.3) is 0 Å². The van der Waals surface area contributed by atoms with Crippen LogP contribution in [0.15, 0.2) is 0 Å². The van der Waals surface area contributed by atoms with E-state index in [4.69, 9.17) is 5.73 Å². The van der Waals surface area contributed by atoms with E-state index in [-0.39, 0.29) is 0 Å². The molecule has 0 spiro atoms. The van der Waals surface area contributed by atoms with Crippen molar-refractivity contribution in [3.05, 3.63) is 0 Å². The molecule has 15 heavy (non-hydrogen) atoms. The molecule has 0 aromatic rings. The molecule has 1 atom stereocenters. The SMILES string of the molecule is NC(CC1CCCCC1)CC1CCCC1. The summed E-state index contributed by atoms with van der Waals surface area (Å²) >= 11 is 0. The standard InChI is InChI=1S/C14H27N/c15-14(11-13-8-4-5-9-13)10-12-6-2-1-3-7-12/h12-14H,1-11,15H2. The maximum absolute atomic E-state index is 6.28. The molecule has 0 radical (unpaired) electrons. The van der Waals surface area contributed by atoms with Crippen molar-refractivity contribution in [3.8, 4) is 0 Å². The van der Waals surface area contributed by atoms with Crippen molar-refractivity contribution in [1.29, 1.82) is 0 Å². The van der Waals surface area contributed by atoms with Crippen LogP contribution in [0.25, 0.3) is 0 Å². The highest BCUT2D eigenvalue weighted by Gasteiger charge is 2.21. The van der Waals surface area contributed by atoms with Crippen molar-refractivity contribution in [2.45, 2.75) is 76.7 Å². The van der Waals surface area contributed by atoms with E-state index in [1.165, 1.54) is 70.6 Å². The zero-order valence-corrected chi connectivity index (χ0v) is 10.1. The van der Waals surface area contributed by atoms with Crippen LogP contribution in [0.2, 0.25) is 0 Å². The Labute approximate surface area is 94.8 Å². The number of hydrogen-bond donors (Lipinski definition) is 1. The molecule has 2 fully saturated rings. The molecule has 1 nitrogen and oxygen atoms in total. The van der Waals surface area contributed by atoms with E-state index in [1.807, 2.05) is 0 Å². The lowest BCUT2D eigenvalue weighted by Gasteiger charge is -2.25. The third kappa shape index (κ3) is 3.79. The van der Waals surface area contributed by atoms with Gasteiger partial charge in [-0.2, -0.15) is 0 Å². The van der Waals surface area contributed by atoms with Crippen molar-refractivity contribution >= 4 is 0 Å². The zero-order chi connectivity index (χ0) is 10.5. The Hall–Kier alpha value is -0.0400. The Bertz CT molecular complexity index is 166. The summed E-state index contributed by atoms with van der Waals surface area (Å²) in [5.74, 6) is 1.94. The van der Waals surface area contributed by atoms with Crippen molar-refractivity contribution in [2.24, 2.45) is 17.6 Å².